The topological polar surface area (TPSA) is 270 Å². The fourth-order valence-electron chi connectivity index (χ4n) is 2.48. The van der Waals surface area contributed by atoms with Crippen LogP contribution in [0.25, 0.3) is 0 Å². The van der Waals surface area contributed by atoms with Crippen molar-refractivity contribution in [2.45, 2.75) is 24.0 Å². The Morgan fingerprint density at radius 1 is 1.23 bits per heavy atom. The molecule has 1 aromatic heterocycles. The van der Waals surface area contributed by atoms with E-state index in [9.17, 15) is 38.0 Å². The Labute approximate surface area is 171 Å². The highest BCUT2D eigenvalue weighted by Crippen LogP contribution is 2.66. The molecule has 0 saturated carbocycles. The van der Waals surface area contributed by atoms with Gasteiger partial charge in [0.2, 0.25) is 0 Å². The van der Waals surface area contributed by atoms with Gasteiger partial charge in [-0.2, -0.15) is 13.6 Å². The Morgan fingerprint density at radius 3 is 2.35 bits per heavy atom. The Balaban J connectivity index is 2.17. The molecule has 1 fully saturated rings. The van der Waals surface area contributed by atoms with Crippen LogP contribution in [0.15, 0.2) is 17.1 Å². The van der Waals surface area contributed by atoms with Gasteiger partial charge in [-0.25, -0.2) is 22.9 Å². The van der Waals surface area contributed by atoms with E-state index in [-0.39, 0.29) is 5.82 Å². The van der Waals surface area contributed by atoms with Crippen molar-refractivity contribution in [3.8, 4) is 0 Å². The van der Waals surface area contributed by atoms with E-state index in [0.29, 0.717) is 4.57 Å². The third-order valence-corrected chi connectivity index (χ3v) is 7.53. The first-order valence-corrected chi connectivity index (χ1v) is 12.3. The second-order valence-corrected chi connectivity index (χ2v) is 10.4. The predicted molar refractivity (Wildman–Crippen MR) is 93.6 cm³/mol. The van der Waals surface area contributed by atoms with Crippen molar-refractivity contribution in [2.75, 3.05) is 19.0 Å². The number of ether oxygens (including phenoxy) is 1. The van der Waals surface area contributed by atoms with E-state index in [1.807, 2.05) is 0 Å². The summed E-state index contributed by atoms with van der Waals surface area (Å²) in [6.45, 7) is -2.86. The molecule has 8 N–H and O–H groups in total. The fourth-order valence-corrected chi connectivity index (χ4v) is 5.51. The van der Waals surface area contributed by atoms with Crippen LogP contribution in [0.3, 0.4) is 0 Å². The maximum Gasteiger partial charge on any atom is 0.490 e. The number of anilines is 1. The van der Waals surface area contributed by atoms with Crippen LogP contribution >= 0.6 is 23.5 Å². The number of halogens is 1. The van der Waals surface area contributed by atoms with Gasteiger partial charge in [0.05, 0.1) is 6.61 Å². The zero-order chi connectivity index (χ0) is 23.8. The Kier molecular flexibility index (Phi) is 7.62. The second kappa shape index (κ2) is 9.03. The highest BCUT2D eigenvalue weighted by Gasteiger charge is 2.57. The van der Waals surface area contributed by atoms with E-state index in [1.165, 1.54) is 0 Å². The van der Waals surface area contributed by atoms with Crippen molar-refractivity contribution in [3.63, 3.8) is 0 Å². The number of phosphoric ester groups is 1. The lowest BCUT2D eigenvalue weighted by Crippen LogP contribution is -2.50. The monoisotopic (exact) mass is 515 g/mol. The number of hydrogen-bond donors (Lipinski definition) is 7. The number of phosphoric acid groups is 3. The van der Waals surface area contributed by atoms with Gasteiger partial charge in [0, 0.05) is 6.20 Å². The molecule has 2 heterocycles. The molecule has 21 heteroatoms. The minimum absolute atomic E-state index is 0.215. The maximum atomic E-state index is 13.5. The molecule has 0 bridgehead atoms. The lowest BCUT2D eigenvalue weighted by Gasteiger charge is -2.28. The van der Waals surface area contributed by atoms with E-state index in [0.717, 1.165) is 12.3 Å². The number of aliphatic hydroxyl groups is 2. The Morgan fingerprint density at radius 2 is 1.84 bits per heavy atom. The van der Waals surface area contributed by atoms with Crippen LogP contribution in [0, 0.1) is 0 Å². The number of rotatable bonds is 9. The van der Waals surface area contributed by atoms with Gasteiger partial charge in [0.1, 0.15) is 24.7 Å². The average Bonchev–Trinajstić information content (AvgIpc) is 2.82. The van der Waals surface area contributed by atoms with Crippen molar-refractivity contribution in [2.24, 2.45) is 0 Å². The minimum atomic E-state index is -5.79. The normalized spacial score (nSPS) is 30.6. The van der Waals surface area contributed by atoms with E-state index >= 15 is 0 Å². The molecule has 2 rings (SSSR count). The largest absolute Gasteiger partial charge is 0.490 e. The zero-order valence-electron chi connectivity index (χ0n) is 14.9. The van der Waals surface area contributed by atoms with Crippen molar-refractivity contribution >= 4 is 29.3 Å². The van der Waals surface area contributed by atoms with Crippen LogP contribution in [0.2, 0.25) is 0 Å². The number of nitrogen functional groups attached to an aromatic ring is 1. The van der Waals surface area contributed by atoms with Crippen molar-refractivity contribution < 1.29 is 65.8 Å². The quantitative estimate of drug-likeness (QED) is 0.177. The molecule has 1 aliphatic rings. The number of aromatic nitrogens is 2. The van der Waals surface area contributed by atoms with E-state index in [1.54, 1.807) is 0 Å². The lowest BCUT2D eigenvalue weighted by molar-refractivity contribution is -0.121. The first kappa shape index (κ1) is 26.2. The first-order valence-electron chi connectivity index (χ1n) is 7.74. The zero-order valence-corrected chi connectivity index (χ0v) is 17.6. The van der Waals surface area contributed by atoms with E-state index in [2.05, 4.69) is 18.1 Å². The smallest absolute Gasteiger partial charge is 0.387 e. The molecule has 0 amide bonds. The summed E-state index contributed by atoms with van der Waals surface area (Å²) in [7, 11) is -17.0. The molecule has 31 heavy (non-hydrogen) atoms. The number of nitrogens with two attached hydrogens (primary N) is 1. The van der Waals surface area contributed by atoms with Gasteiger partial charge in [0.15, 0.2) is 11.8 Å². The summed E-state index contributed by atoms with van der Waals surface area (Å²) in [6.07, 6.45) is -4.91. The molecule has 1 saturated heterocycles. The van der Waals surface area contributed by atoms with Gasteiger partial charge in [0.25, 0.3) is 0 Å². The van der Waals surface area contributed by atoms with Crippen LogP contribution in [-0.2, 0) is 31.6 Å². The van der Waals surface area contributed by atoms with Crippen LogP contribution in [0.5, 0.6) is 0 Å². The molecule has 0 aromatic carbocycles. The van der Waals surface area contributed by atoms with Crippen molar-refractivity contribution in [1.29, 1.82) is 0 Å². The third-order valence-electron chi connectivity index (χ3n) is 3.73. The van der Waals surface area contributed by atoms with Gasteiger partial charge >= 0.3 is 29.2 Å². The summed E-state index contributed by atoms with van der Waals surface area (Å²) in [5.41, 5.74) is 1.46. The summed E-state index contributed by atoms with van der Waals surface area (Å²) >= 11 is 0. The Hall–Kier alpha value is -1.10. The molecule has 0 aliphatic carbocycles. The lowest BCUT2D eigenvalue weighted by atomic mass is 9.95. The number of hydrogen-bond acceptors (Lipinski definition) is 12. The fraction of sp³-hybridized carbons (Fsp3) is 0.600. The van der Waals surface area contributed by atoms with Crippen molar-refractivity contribution in [3.05, 3.63) is 22.7 Å². The van der Waals surface area contributed by atoms with Crippen LogP contribution in [0.4, 0.5) is 10.2 Å². The molecule has 0 radical (unpaired) electrons. The highest BCUT2D eigenvalue weighted by molar-refractivity contribution is 7.66. The average molecular weight is 515 g/mol. The number of aliphatic hydroxyl groups excluding tert-OH is 1. The second-order valence-electron chi connectivity index (χ2n) is 6.03. The van der Waals surface area contributed by atoms with Gasteiger partial charge in [-0.05, 0) is 6.07 Å². The standard InChI is InChI=1S/C10H17FN3O14P3/c11-4-10(17)7(15)5(26-8(10)14-2-1-6(12)13-9(14)16)3-25-30(21,22)28-31(23,24)27-29(18,19)20/h1-2,5,7-8,15,17H,3-4H2,(H,21,22)(H,23,24)(H2,12,13,16)(H2,18,19,20)/t5-,7-,8-,10-/m1/s1. The molecular weight excluding hydrogens is 498 g/mol. The molecule has 1 aliphatic heterocycles. The number of alkyl halides is 1. The van der Waals surface area contributed by atoms with Gasteiger partial charge in [-0.3, -0.25) is 9.09 Å². The summed E-state index contributed by atoms with van der Waals surface area (Å²) < 4.78 is 64.1. The molecule has 2 unspecified atom stereocenters. The SMILES string of the molecule is Nc1ccn([C@@H]2O[C@H](COP(=O)(O)OP(=O)(O)OP(=O)(O)O)[C@@H](O)[C@]2(O)CF)c(=O)n1. The predicted octanol–water partition coefficient (Wildman–Crippen LogP) is -1.87. The molecule has 17 nitrogen and oxygen atoms in total. The van der Waals surface area contributed by atoms with E-state index in [4.69, 9.17) is 25.2 Å². The molecule has 178 valence electrons. The third kappa shape index (κ3) is 6.46. The summed E-state index contributed by atoms with van der Waals surface area (Å²) in [5.74, 6) is -0.215. The maximum absolute atomic E-state index is 13.5. The number of nitrogens with zero attached hydrogens (tertiary/aromatic N) is 2. The van der Waals surface area contributed by atoms with Crippen molar-refractivity contribution in [1.82, 2.24) is 9.55 Å². The van der Waals surface area contributed by atoms with E-state index < -0.39 is 66.5 Å². The Bertz CT molecular complexity index is 1020. The van der Waals surface area contributed by atoms with Crippen LogP contribution in [0.1, 0.15) is 6.23 Å². The first-order chi connectivity index (χ1) is 14.0. The minimum Gasteiger partial charge on any atom is -0.387 e. The van der Waals surface area contributed by atoms with Gasteiger partial charge in [-0.15, -0.1) is 0 Å². The molecule has 1 aromatic rings. The molecular formula is C10H17FN3O14P3. The summed E-state index contributed by atoms with van der Waals surface area (Å²) in [6, 6.07) is 1.09. The van der Waals surface area contributed by atoms with Crippen LogP contribution < -0.4 is 11.4 Å². The summed E-state index contributed by atoms with van der Waals surface area (Å²) in [5, 5.41) is 20.6. The van der Waals surface area contributed by atoms with Gasteiger partial charge < -0.3 is 40.3 Å². The molecule has 0 spiro atoms. The molecule has 6 atom stereocenters. The van der Waals surface area contributed by atoms with Gasteiger partial charge in [-0.1, -0.05) is 0 Å². The van der Waals surface area contributed by atoms with Crippen LogP contribution in [-0.4, -0.2) is 70.4 Å². The summed E-state index contributed by atoms with van der Waals surface area (Å²) in [4.78, 5) is 50.7. The highest BCUT2D eigenvalue weighted by atomic mass is 31.3.